The molecule has 0 atom stereocenters. The van der Waals surface area contributed by atoms with Gasteiger partial charge in [-0.25, -0.2) is 4.68 Å². The Morgan fingerprint density at radius 1 is 1.21 bits per heavy atom. The minimum Gasteiger partial charge on any atom is -0.337 e. The van der Waals surface area contributed by atoms with E-state index < -0.39 is 11.8 Å². The molecule has 0 aliphatic rings. The maximum Gasteiger partial charge on any atom is 0.314 e. The number of anilines is 1. The molecule has 0 saturated carbocycles. The lowest BCUT2D eigenvalue weighted by atomic mass is 10.1. The molecule has 6 nitrogen and oxygen atoms in total. The van der Waals surface area contributed by atoms with Crippen LogP contribution in [0.1, 0.15) is 20.8 Å². The van der Waals surface area contributed by atoms with E-state index in [1.165, 1.54) is 0 Å². The lowest BCUT2D eigenvalue weighted by molar-refractivity contribution is -0.136. The molecule has 0 aliphatic heterocycles. The van der Waals surface area contributed by atoms with E-state index in [1.54, 1.807) is 10.7 Å². The Morgan fingerprint density at radius 2 is 1.88 bits per heavy atom. The Balaban J connectivity index is 2.32. The van der Waals surface area contributed by atoms with E-state index in [0.717, 1.165) is 5.56 Å². The summed E-state index contributed by atoms with van der Waals surface area (Å²) in [6, 6.07) is 11.4. The van der Waals surface area contributed by atoms with Gasteiger partial charge in [-0.15, -0.1) is 6.42 Å². The summed E-state index contributed by atoms with van der Waals surface area (Å²) >= 11 is 0. The summed E-state index contributed by atoms with van der Waals surface area (Å²) in [6.07, 6.45) is 5.07. The van der Waals surface area contributed by atoms with Crippen LogP contribution >= 0.6 is 0 Å². The summed E-state index contributed by atoms with van der Waals surface area (Å²) in [6.45, 7) is 5.88. The second kappa shape index (κ2) is 7.01. The molecule has 0 aliphatic carbocycles. The minimum atomic E-state index is -0.782. The highest BCUT2D eigenvalue weighted by atomic mass is 16.2. The highest BCUT2D eigenvalue weighted by molar-refractivity contribution is 6.39. The first-order valence-corrected chi connectivity index (χ1v) is 7.51. The number of benzene rings is 1. The number of nitrogens with one attached hydrogen (secondary N) is 2. The molecule has 24 heavy (non-hydrogen) atoms. The predicted octanol–water partition coefficient (Wildman–Crippen LogP) is 1.99. The van der Waals surface area contributed by atoms with Gasteiger partial charge in [0.05, 0.1) is 17.8 Å². The van der Waals surface area contributed by atoms with E-state index >= 15 is 0 Å². The first-order chi connectivity index (χ1) is 11.3. The van der Waals surface area contributed by atoms with Crippen LogP contribution in [0.3, 0.4) is 0 Å². The third kappa shape index (κ3) is 4.02. The van der Waals surface area contributed by atoms with Gasteiger partial charge in [-0.3, -0.25) is 9.59 Å². The van der Waals surface area contributed by atoms with E-state index in [1.807, 2.05) is 51.1 Å². The standard InChI is InChI=1S/C18H20N4O2/c1-5-11-19-16(23)17(24)20-15-12-14(13-9-7-6-8-10-13)21-22(15)18(2,3)4/h1,6-10,12H,11H2,2-4H3,(H,19,23)(H,20,24). The zero-order valence-electron chi connectivity index (χ0n) is 14.0. The van der Waals surface area contributed by atoms with Crippen molar-refractivity contribution >= 4 is 17.6 Å². The number of terminal acetylenes is 1. The molecule has 0 radical (unpaired) electrons. The largest absolute Gasteiger partial charge is 0.337 e. The van der Waals surface area contributed by atoms with Gasteiger partial charge >= 0.3 is 11.8 Å². The normalized spacial score (nSPS) is 10.8. The third-order valence-electron chi connectivity index (χ3n) is 3.21. The number of amides is 2. The van der Waals surface area contributed by atoms with Crippen LogP contribution in [0, 0.1) is 12.3 Å². The van der Waals surface area contributed by atoms with E-state index in [0.29, 0.717) is 11.5 Å². The molecular formula is C18H20N4O2. The molecule has 0 saturated heterocycles. The number of nitrogens with zero attached hydrogens (tertiary/aromatic N) is 2. The Hall–Kier alpha value is -3.07. The number of carbonyl (C=O) groups excluding carboxylic acids is 2. The van der Waals surface area contributed by atoms with Crippen molar-refractivity contribution in [2.24, 2.45) is 0 Å². The van der Waals surface area contributed by atoms with Gasteiger partial charge in [-0.1, -0.05) is 36.3 Å². The van der Waals surface area contributed by atoms with Gasteiger partial charge in [0.2, 0.25) is 0 Å². The first kappa shape index (κ1) is 17.3. The number of hydrogen-bond acceptors (Lipinski definition) is 3. The fraction of sp³-hybridized carbons (Fsp3) is 0.278. The Labute approximate surface area is 141 Å². The highest BCUT2D eigenvalue weighted by Crippen LogP contribution is 2.26. The van der Waals surface area contributed by atoms with Gasteiger partial charge in [0.25, 0.3) is 0 Å². The smallest absolute Gasteiger partial charge is 0.314 e. The van der Waals surface area contributed by atoms with Crippen LogP contribution in [0.5, 0.6) is 0 Å². The first-order valence-electron chi connectivity index (χ1n) is 7.51. The van der Waals surface area contributed by atoms with E-state index in [9.17, 15) is 9.59 Å². The number of rotatable bonds is 3. The molecule has 0 unspecified atom stereocenters. The van der Waals surface area contributed by atoms with Gasteiger partial charge < -0.3 is 10.6 Å². The van der Waals surface area contributed by atoms with Crippen molar-refractivity contribution in [3.63, 3.8) is 0 Å². The van der Waals surface area contributed by atoms with Crippen molar-refractivity contribution in [3.05, 3.63) is 36.4 Å². The van der Waals surface area contributed by atoms with Crippen molar-refractivity contribution in [2.45, 2.75) is 26.3 Å². The van der Waals surface area contributed by atoms with Crippen LogP contribution in [-0.2, 0) is 15.1 Å². The third-order valence-corrected chi connectivity index (χ3v) is 3.21. The molecule has 2 rings (SSSR count). The molecule has 2 N–H and O–H groups in total. The molecule has 1 aromatic heterocycles. The van der Waals surface area contributed by atoms with E-state index in [2.05, 4.69) is 21.7 Å². The van der Waals surface area contributed by atoms with Crippen LogP contribution in [0.15, 0.2) is 36.4 Å². The molecule has 2 aromatic rings. The summed E-state index contributed by atoms with van der Waals surface area (Å²) in [5.74, 6) is 1.13. The Morgan fingerprint density at radius 3 is 2.46 bits per heavy atom. The summed E-state index contributed by atoms with van der Waals surface area (Å²) in [5.41, 5.74) is 1.27. The molecule has 0 fully saturated rings. The van der Waals surface area contributed by atoms with E-state index in [4.69, 9.17) is 6.42 Å². The second-order valence-corrected chi connectivity index (χ2v) is 6.20. The summed E-state index contributed by atoms with van der Waals surface area (Å²) in [4.78, 5) is 23.7. The van der Waals surface area contributed by atoms with Crippen LogP contribution in [-0.4, -0.2) is 28.1 Å². The zero-order chi connectivity index (χ0) is 17.7. The van der Waals surface area contributed by atoms with Crippen LogP contribution in [0.2, 0.25) is 0 Å². The topological polar surface area (TPSA) is 76.0 Å². The number of hydrogen-bond donors (Lipinski definition) is 2. The van der Waals surface area contributed by atoms with Crippen molar-refractivity contribution in [1.82, 2.24) is 15.1 Å². The van der Waals surface area contributed by atoms with Gasteiger partial charge in [-0.05, 0) is 20.8 Å². The van der Waals surface area contributed by atoms with Gasteiger partial charge in [0.1, 0.15) is 5.82 Å². The minimum absolute atomic E-state index is 0.0000510. The van der Waals surface area contributed by atoms with Crippen molar-refractivity contribution in [1.29, 1.82) is 0 Å². The SMILES string of the molecule is C#CCNC(=O)C(=O)Nc1cc(-c2ccccc2)nn1C(C)(C)C. The van der Waals surface area contributed by atoms with Crippen LogP contribution in [0.4, 0.5) is 5.82 Å². The second-order valence-electron chi connectivity index (χ2n) is 6.20. The fourth-order valence-corrected chi connectivity index (χ4v) is 2.12. The van der Waals surface area contributed by atoms with E-state index in [-0.39, 0.29) is 12.1 Å². The number of carbonyl (C=O) groups is 2. The van der Waals surface area contributed by atoms with Crippen LogP contribution in [0.25, 0.3) is 11.3 Å². The molecule has 0 spiro atoms. The van der Waals surface area contributed by atoms with Crippen molar-refractivity contribution in [3.8, 4) is 23.6 Å². The molecule has 1 heterocycles. The van der Waals surface area contributed by atoms with Gasteiger partial charge in [0.15, 0.2) is 0 Å². The predicted molar refractivity (Wildman–Crippen MR) is 93.1 cm³/mol. The van der Waals surface area contributed by atoms with Gasteiger partial charge in [0, 0.05) is 11.6 Å². The Bertz CT molecular complexity index is 780. The molecule has 2 amide bonds. The quantitative estimate of drug-likeness (QED) is 0.670. The summed E-state index contributed by atoms with van der Waals surface area (Å²) < 4.78 is 1.68. The highest BCUT2D eigenvalue weighted by Gasteiger charge is 2.23. The molecule has 1 aromatic carbocycles. The van der Waals surface area contributed by atoms with Gasteiger partial charge in [-0.2, -0.15) is 5.10 Å². The maximum atomic E-state index is 12.0. The maximum absolute atomic E-state index is 12.0. The molecule has 124 valence electrons. The summed E-state index contributed by atoms with van der Waals surface area (Å²) in [7, 11) is 0. The van der Waals surface area contributed by atoms with Crippen molar-refractivity contribution < 1.29 is 9.59 Å². The number of aromatic nitrogens is 2. The lowest BCUT2D eigenvalue weighted by Gasteiger charge is -2.22. The van der Waals surface area contributed by atoms with Crippen molar-refractivity contribution in [2.75, 3.05) is 11.9 Å². The average Bonchev–Trinajstić information content (AvgIpc) is 2.97. The molecular weight excluding hydrogens is 304 g/mol. The van der Waals surface area contributed by atoms with Crippen LogP contribution < -0.4 is 10.6 Å². The monoisotopic (exact) mass is 324 g/mol. The lowest BCUT2D eigenvalue weighted by Crippen LogP contribution is -2.37. The zero-order valence-corrected chi connectivity index (χ0v) is 14.0. The Kier molecular flexibility index (Phi) is 5.05. The fourth-order valence-electron chi connectivity index (χ4n) is 2.12. The summed E-state index contributed by atoms with van der Waals surface area (Å²) in [5, 5.41) is 9.49. The molecule has 6 heteroatoms. The molecule has 0 bridgehead atoms. The average molecular weight is 324 g/mol.